The number of anilines is 2. The molecule has 1 aromatic carbocycles. The summed E-state index contributed by atoms with van der Waals surface area (Å²) >= 11 is 0. The highest BCUT2D eigenvalue weighted by Crippen LogP contribution is 2.35. The number of rotatable bonds is 3. The number of halogens is 3. The number of alkyl halides is 3. The lowest BCUT2D eigenvalue weighted by molar-refractivity contribution is -0.141. The van der Waals surface area contributed by atoms with Gasteiger partial charge in [-0.05, 0) is 24.3 Å². The zero-order valence-corrected chi connectivity index (χ0v) is 16.1. The molecule has 0 unspecified atom stereocenters. The van der Waals surface area contributed by atoms with Gasteiger partial charge in [-0.2, -0.15) is 13.2 Å². The lowest BCUT2D eigenvalue weighted by Crippen LogP contribution is -2.46. The van der Waals surface area contributed by atoms with Crippen LogP contribution < -0.4 is 21.7 Å². The third kappa shape index (κ3) is 4.14. The molecule has 1 aromatic heterocycles. The van der Waals surface area contributed by atoms with Gasteiger partial charge in [0.1, 0.15) is 17.1 Å². The maximum atomic E-state index is 13.0. The summed E-state index contributed by atoms with van der Waals surface area (Å²) in [7, 11) is 0. The molecule has 162 valence electrons. The predicted molar refractivity (Wildman–Crippen MR) is 106 cm³/mol. The molecule has 0 aliphatic carbocycles. The van der Waals surface area contributed by atoms with Crippen molar-refractivity contribution in [2.24, 2.45) is 5.73 Å². The first kappa shape index (κ1) is 20.6. The van der Waals surface area contributed by atoms with Crippen LogP contribution in [0.3, 0.4) is 0 Å². The van der Waals surface area contributed by atoms with Crippen LogP contribution in [-0.2, 0) is 11.0 Å². The van der Waals surface area contributed by atoms with Gasteiger partial charge >= 0.3 is 6.18 Å². The van der Waals surface area contributed by atoms with Gasteiger partial charge in [-0.3, -0.25) is 9.59 Å². The summed E-state index contributed by atoms with van der Waals surface area (Å²) in [4.78, 5) is 33.7. The Labute approximate surface area is 174 Å². The minimum atomic E-state index is -4.70. The smallest absolute Gasteiger partial charge is 0.365 e. The van der Waals surface area contributed by atoms with Gasteiger partial charge in [0.2, 0.25) is 0 Å². The Balaban J connectivity index is 1.65. The van der Waals surface area contributed by atoms with Gasteiger partial charge in [-0.15, -0.1) is 0 Å². The highest BCUT2D eigenvalue weighted by Gasteiger charge is 2.34. The number of nitrogens with one attached hydrogen (secondary N) is 3. The molecule has 2 aromatic rings. The largest absolute Gasteiger partial charge is 0.433 e. The number of hydrogen-bond donors (Lipinski definition) is 4. The molecule has 0 spiro atoms. The number of fused-ring (bicyclic) bond motifs is 1. The average Bonchev–Trinajstić information content (AvgIpc) is 3.15. The fraction of sp³-hybridized carbons (Fsp3) is 0.263. The van der Waals surface area contributed by atoms with Crippen molar-refractivity contribution in [2.75, 3.05) is 36.8 Å². The van der Waals surface area contributed by atoms with Crippen molar-refractivity contribution < 1.29 is 22.8 Å². The van der Waals surface area contributed by atoms with Crippen molar-refractivity contribution in [3.05, 3.63) is 53.4 Å². The Morgan fingerprint density at radius 1 is 1.06 bits per heavy atom. The van der Waals surface area contributed by atoms with Gasteiger partial charge in [0.15, 0.2) is 5.82 Å². The molecule has 5 N–H and O–H groups in total. The number of hydrogen-bond acceptors (Lipinski definition) is 7. The molecule has 9 nitrogen and oxygen atoms in total. The summed E-state index contributed by atoms with van der Waals surface area (Å²) in [6, 6.07) is 5.57. The highest BCUT2D eigenvalue weighted by atomic mass is 19.4. The monoisotopic (exact) mass is 433 g/mol. The van der Waals surface area contributed by atoms with E-state index in [1.807, 2.05) is 0 Å². The third-order valence-corrected chi connectivity index (χ3v) is 4.86. The van der Waals surface area contributed by atoms with Crippen molar-refractivity contribution in [1.29, 1.82) is 0 Å². The van der Waals surface area contributed by atoms with E-state index in [4.69, 9.17) is 5.73 Å². The molecule has 1 saturated heterocycles. The topological polar surface area (TPSA) is 125 Å². The second-order valence-electron chi connectivity index (χ2n) is 6.93. The lowest BCUT2D eigenvalue weighted by atomic mass is 10.1. The van der Waals surface area contributed by atoms with Crippen LogP contribution in [0.25, 0.3) is 5.57 Å². The average molecular weight is 433 g/mol. The molecule has 3 heterocycles. The quantitative estimate of drug-likeness (QED) is 0.537. The molecule has 0 saturated carbocycles. The standard InChI is InChI=1S/C19H18F3N7O2/c20-19(21,22)13-3-4-25-16(28-13)14(15(23)30)17-26-11-2-1-10(9-12(11)27-17)18(31)29-7-5-24-6-8-29/h1-4,9,24,26-27H,5-8H2,(H2,23,30). The van der Waals surface area contributed by atoms with Gasteiger partial charge in [0, 0.05) is 37.9 Å². The van der Waals surface area contributed by atoms with E-state index >= 15 is 0 Å². The molecule has 0 radical (unpaired) electrons. The summed E-state index contributed by atoms with van der Waals surface area (Å²) in [5, 5.41) is 8.96. The number of nitrogens with zero attached hydrogens (tertiary/aromatic N) is 3. The molecular weight excluding hydrogens is 415 g/mol. The molecule has 0 bridgehead atoms. The highest BCUT2D eigenvalue weighted by molar-refractivity contribution is 6.20. The maximum absolute atomic E-state index is 13.0. The number of carbonyl (C=O) groups is 2. The number of nitrogens with two attached hydrogens (primary N) is 1. The van der Waals surface area contributed by atoms with Crippen molar-refractivity contribution in [2.45, 2.75) is 6.18 Å². The first-order valence-electron chi connectivity index (χ1n) is 9.37. The fourth-order valence-electron chi connectivity index (χ4n) is 3.35. The minimum Gasteiger partial charge on any atom is -0.365 e. The SMILES string of the molecule is NC(=O)C(=C1Nc2ccc(C(=O)N3CCNCC3)cc2N1)c1nccc(C(F)(F)F)n1. The van der Waals surface area contributed by atoms with Gasteiger partial charge in [-0.1, -0.05) is 0 Å². The molecule has 12 heteroatoms. The van der Waals surface area contributed by atoms with E-state index in [-0.39, 0.29) is 17.3 Å². The Morgan fingerprint density at radius 3 is 2.45 bits per heavy atom. The molecule has 31 heavy (non-hydrogen) atoms. The van der Waals surface area contributed by atoms with E-state index in [1.54, 1.807) is 23.1 Å². The van der Waals surface area contributed by atoms with E-state index in [0.717, 1.165) is 6.20 Å². The zero-order chi connectivity index (χ0) is 22.2. The predicted octanol–water partition coefficient (Wildman–Crippen LogP) is 1.23. The maximum Gasteiger partial charge on any atom is 0.433 e. The molecule has 2 aliphatic rings. The van der Waals surface area contributed by atoms with Gasteiger partial charge in [-0.25, -0.2) is 9.97 Å². The Kier molecular flexibility index (Phi) is 5.23. The van der Waals surface area contributed by atoms with Crippen molar-refractivity contribution in [3.8, 4) is 0 Å². The first-order valence-corrected chi connectivity index (χ1v) is 9.37. The number of carbonyl (C=O) groups excluding carboxylic acids is 2. The van der Waals surface area contributed by atoms with E-state index in [1.165, 1.54) is 0 Å². The Bertz CT molecular complexity index is 1080. The summed E-state index contributed by atoms with van der Waals surface area (Å²) < 4.78 is 39.0. The van der Waals surface area contributed by atoms with E-state index in [0.29, 0.717) is 49.2 Å². The Hall–Kier alpha value is -3.67. The fourth-order valence-corrected chi connectivity index (χ4v) is 3.35. The summed E-state index contributed by atoms with van der Waals surface area (Å²) in [6.45, 7) is 2.60. The zero-order valence-electron chi connectivity index (χ0n) is 16.1. The summed E-state index contributed by atoms with van der Waals surface area (Å²) in [6.07, 6.45) is -3.80. The lowest BCUT2D eigenvalue weighted by Gasteiger charge is -2.27. The van der Waals surface area contributed by atoms with Crippen LogP contribution in [0.15, 0.2) is 36.3 Å². The van der Waals surface area contributed by atoms with Crippen LogP contribution >= 0.6 is 0 Å². The van der Waals surface area contributed by atoms with Gasteiger partial charge in [0.05, 0.1) is 11.4 Å². The minimum absolute atomic E-state index is 0.0357. The van der Waals surface area contributed by atoms with Gasteiger partial charge in [0.25, 0.3) is 11.8 Å². The second kappa shape index (κ2) is 7.87. The van der Waals surface area contributed by atoms with E-state index < -0.39 is 23.6 Å². The molecular formula is C19H18F3N7O2. The number of piperazine rings is 1. The van der Waals surface area contributed by atoms with Crippen LogP contribution in [0.4, 0.5) is 24.5 Å². The number of aromatic nitrogens is 2. The third-order valence-electron chi connectivity index (χ3n) is 4.86. The Morgan fingerprint density at radius 2 is 1.77 bits per heavy atom. The van der Waals surface area contributed by atoms with Crippen molar-refractivity contribution in [1.82, 2.24) is 20.2 Å². The van der Waals surface area contributed by atoms with Crippen LogP contribution in [0.1, 0.15) is 21.9 Å². The first-order chi connectivity index (χ1) is 14.7. The normalized spacial score (nSPS) is 17.5. The number of primary amides is 1. The number of benzene rings is 1. The summed E-state index contributed by atoms with van der Waals surface area (Å²) in [5.41, 5.74) is 5.32. The van der Waals surface area contributed by atoms with Crippen molar-refractivity contribution >= 4 is 28.8 Å². The summed E-state index contributed by atoms with van der Waals surface area (Å²) in [5.74, 6) is -1.59. The van der Waals surface area contributed by atoms with Crippen LogP contribution in [0.2, 0.25) is 0 Å². The second-order valence-corrected chi connectivity index (χ2v) is 6.93. The van der Waals surface area contributed by atoms with Crippen molar-refractivity contribution in [3.63, 3.8) is 0 Å². The van der Waals surface area contributed by atoms with Crippen LogP contribution in [-0.4, -0.2) is 52.9 Å². The van der Waals surface area contributed by atoms with Crippen LogP contribution in [0, 0.1) is 0 Å². The molecule has 2 aliphatic heterocycles. The number of amides is 2. The van der Waals surface area contributed by atoms with Gasteiger partial charge < -0.3 is 26.6 Å². The molecule has 0 atom stereocenters. The van der Waals surface area contributed by atoms with E-state index in [9.17, 15) is 22.8 Å². The molecule has 1 fully saturated rings. The van der Waals surface area contributed by atoms with E-state index in [2.05, 4.69) is 25.9 Å². The molecule has 4 rings (SSSR count). The van der Waals surface area contributed by atoms with Crippen LogP contribution in [0.5, 0.6) is 0 Å². The molecule has 2 amide bonds.